The molecular formula is C24H20Cl2F4N2O3. The predicted molar refractivity (Wildman–Crippen MR) is 126 cm³/mol. The van der Waals surface area contributed by atoms with Crippen LogP contribution in [0.4, 0.5) is 23.2 Å². The fourth-order valence-corrected chi connectivity index (χ4v) is 3.91. The summed E-state index contributed by atoms with van der Waals surface area (Å²) in [6, 6.07) is 11.7. The Bertz CT molecular complexity index is 1200. The van der Waals surface area contributed by atoms with Gasteiger partial charge in [-0.05, 0) is 43.7 Å². The number of hydrogen-bond donors (Lipinski definition) is 0. The Morgan fingerprint density at radius 3 is 2.06 bits per heavy atom. The van der Waals surface area contributed by atoms with Crippen LogP contribution in [0.3, 0.4) is 0 Å². The lowest BCUT2D eigenvalue weighted by Gasteiger charge is -2.31. The second-order valence-electron chi connectivity index (χ2n) is 7.94. The number of hydrogen-bond acceptors (Lipinski definition) is 4. The van der Waals surface area contributed by atoms with Crippen LogP contribution in [-0.4, -0.2) is 31.2 Å². The van der Waals surface area contributed by atoms with Gasteiger partial charge in [0.2, 0.25) is 5.91 Å². The molecule has 0 radical (unpaired) electrons. The largest absolute Gasteiger partial charge is 0.435 e. The molecule has 3 aromatic rings. The number of nitrogens with zero attached hydrogens (tertiary/aromatic N) is 2. The molecule has 0 aliphatic rings. The predicted octanol–water partition coefficient (Wildman–Crippen LogP) is 7.20. The lowest BCUT2D eigenvalue weighted by Crippen LogP contribution is -2.41. The third-order valence-corrected chi connectivity index (χ3v) is 5.80. The summed E-state index contributed by atoms with van der Waals surface area (Å²) in [7, 11) is 1.49. The zero-order chi connectivity index (χ0) is 25.9. The maximum absolute atomic E-state index is 13.6. The van der Waals surface area contributed by atoms with Gasteiger partial charge in [-0.2, -0.15) is 17.6 Å². The van der Waals surface area contributed by atoms with Crippen LogP contribution in [0.2, 0.25) is 10.2 Å². The summed E-state index contributed by atoms with van der Waals surface area (Å²) < 4.78 is 60.0. The summed E-state index contributed by atoms with van der Waals surface area (Å²) in [5.41, 5.74) is 0.215. The summed E-state index contributed by atoms with van der Waals surface area (Å²) in [6.45, 7) is -3.38. The third-order valence-electron chi connectivity index (χ3n) is 5.27. The summed E-state index contributed by atoms with van der Waals surface area (Å²) in [4.78, 5) is 19.0. The van der Waals surface area contributed by atoms with Crippen molar-refractivity contribution in [3.8, 4) is 22.6 Å². The SMILES string of the molecule is CN(C(=O)C(C)(C)c1cc(OC(F)F)cc(OC(F)F)c1)c1cnc(Cl)cc1-c1ccccc1Cl. The molecule has 0 fully saturated rings. The van der Waals surface area contributed by atoms with E-state index in [9.17, 15) is 22.4 Å². The number of benzene rings is 2. The van der Waals surface area contributed by atoms with Gasteiger partial charge in [-0.15, -0.1) is 0 Å². The van der Waals surface area contributed by atoms with E-state index in [0.29, 0.717) is 21.8 Å². The smallest absolute Gasteiger partial charge is 0.387 e. The van der Waals surface area contributed by atoms with Gasteiger partial charge in [-0.3, -0.25) is 4.79 Å². The Morgan fingerprint density at radius 2 is 1.51 bits per heavy atom. The van der Waals surface area contributed by atoms with E-state index in [-0.39, 0.29) is 10.7 Å². The van der Waals surface area contributed by atoms with Crippen molar-refractivity contribution in [1.82, 2.24) is 4.98 Å². The van der Waals surface area contributed by atoms with E-state index in [2.05, 4.69) is 14.5 Å². The number of alkyl halides is 4. The molecule has 1 heterocycles. The van der Waals surface area contributed by atoms with Crippen molar-refractivity contribution in [2.75, 3.05) is 11.9 Å². The highest BCUT2D eigenvalue weighted by Crippen LogP contribution is 2.39. The molecule has 1 amide bonds. The maximum atomic E-state index is 13.6. The molecule has 0 spiro atoms. The molecular weight excluding hydrogens is 511 g/mol. The molecule has 0 saturated carbocycles. The molecule has 0 atom stereocenters. The van der Waals surface area contributed by atoms with Crippen molar-refractivity contribution >= 4 is 34.8 Å². The van der Waals surface area contributed by atoms with E-state index < -0.39 is 36.0 Å². The third kappa shape index (κ3) is 6.15. The Morgan fingerprint density at radius 1 is 0.943 bits per heavy atom. The van der Waals surface area contributed by atoms with Crippen LogP contribution < -0.4 is 14.4 Å². The van der Waals surface area contributed by atoms with Crippen LogP contribution in [0.25, 0.3) is 11.1 Å². The quantitative estimate of drug-likeness (QED) is 0.228. The number of likely N-dealkylation sites (N-methyl/N-ethyl adjacent to an activating group) is 1. The van der Waals surface area contributed by atoms with Gasteiger partial charge < -0.3 is 14.4 Å². The van der Waals surface area contributed by atoms with Gasteiger partial charge in [0.05, 0.1) is 17.3 Å². The second-order valence-corrected chi connectivity index (χ2v) is 8.74. The van der Waals surface area contributed by atoms with Crippen LogP contribution in [0.1, 0.15) is 19.4 Å². The molecule has 0 unspecified atom stereocenters. The zero-order valence-electron chi connectivity index (χ0n) is 18.7. The first kappa shape index (κ1) is 26.6. The highest BCUT2D eigenvalue weighted by Gasteiger charge is 2.35. The van der Waals surface area contributed by atoms with Gasteiger partial charge in [-0.25, -0.2) is 4.98 Å². The molecule has 35 heavy (non-hydrogen) atoms. The molecule has 11 heteroatoms. The number of halogens is 6. The van der Waals surface area contributed by atoms with Crippen LogP contribution in [-0.2, 0) is 10.2 Å². The molecule has 2 aromatic carbocycles. The first-order valence-corrected chi connectivity index (χ1v) is 10.9. The number of anilines is 1. The summed E-state index contributed by atoms with van der Waals surface area (Å²) >= 11 is 12.5. The van der Waals surface area contributed by atoms with Crippen molar-refractivity contribution < 1.29 is 31.8 Å². The highest BCUT2D eigenvalue weighted by molar-refractivity contribution is 6.34. The number of aromatic nitrogens is 1. The number of rotatable bonds is 8. The van der Waals surface area contributed by atoms with Crippen molar-refractivity contribution in [1.29, 1.82) is 0 Å². The molecule has 0 aliphatic carbocycles. The van der Waals surface area contributed by atoms with E-state index in [0.717, 1.165) is 6.07 Å². The molecule has 0 bridgehead atoms. The number of ether oxygens (including phenoxy) is 2. The monoisotopic (exact) mass is 530 g/mol. The average Bonchev–Trinajstić information content (AvgIpc) is 2.77. The van der Waals surface area contributed by atoms with Crippen LogP contribution in [0.15, 0.2) is 54.7 Å². The minimum Gasteiger partial charge on any atom is -0.435 e. The molecule has 0 saturated heterocycles. The van der Waals surface area contributed by atoms with E-state index in [1.807, 2.05) is 0 Å². The number of carbonyl (C=O) groups excluding carboxylic acids is 1. The van der Waals surface area contributed by atoms with Crippen molar-refractivity contribution in [3.63, 3.8) is 0 Å². The zero-order valence-corrected chi connectivity index (χ0v) is 20.2. The maximum Gasteiger partial charge on any atom is 0.387 e. The van der Waals surface area contributed by atoms with Gasteiger partial charge in [0.1, 0.15) is 16.7 Å². The second kappa shape index (κ2) is 10.7. The molecule has 5 nitrogen and oxygen atoms in total. The average molecular weight is 531 g/mol. The summed E-state index contributed by atoms with van der Waals surface area (Å²) in [5, 5.41) is 0.594. The van der Waals surface area contributed by atoms with E-state index >= 15 is 0 Å². The fraction of sp³-hybridized carbons (Fsp3) is 0.250. The van der Waals surface area contributed by atoms with Gasteiger partial charge in [-0.1, -0.05) is 41.4 Å². The molecule has 1 aromatic heterocycles. The van der Waals surface area contributed by atoms with Gasteiger partial charge in [0.25, 0.3) is 0 Å². The first-order valence-electron chi connectivity index (χ1n) is 10.1. The molecule has 3 rings (SSSR count). The van der Waals surface area contributed by atoms with E-state index in [1.54, 1.807) is 30.3 Å². The molecule has 0 aliphatic heterocycles. The Hall–Kier alpha value is -3.04. The van der Waals surface area contributed by atoms with Crippen LogP contribution >= 0.6 is 23.2 Å². The van der Waals surface area contributed by atoms with E-state index in [1.165, 1.54) is 44.1 Å². The summed E-state index contributed by atoms with van der Waals surface area (Å²) in [6.07, 6.45) is 1.40. The standard InChI is InChI=1S/C24H20Cl2F4N2O3/c1-24(2,13-8-14(34-22(27)28)10-15(9-13)35-23(29)30)21(33)32(3)19-12-31-20(26)11-17(19)16-6-4-5-7-18(16)25/h4-12,22-23H,1-3H3. The lowest BCUT2D eigenvalue weighted by atomic mass is 9.82. The van der Waals surface area contributed by atoms with E-state index in [4.69, 9.17) is 23.2 Å². The number of amides is 1. The fourth-order valence-electron chi connectivity index (χ4n) is 3.51. The van der Waals surface area contributed by atoms with Crippen molar-refractivity contribution in [3.05, 3.63) is 70.5 Å². The minimum atomic E-state index is -3.20. The Labute approximate surface area is 209 Å². The van der Waals surface area contributed by atoms with Crippen LogP contribution in [0.5, 0.6) is 11.5 Å². The lowest BCUT2D eigenvalue weighted by molar-refractivity contribution is -0.122. The van der Waals surface area contributed by atoms with Gasteiger partial charge in [0.15, 0.2) is 0 Å². The Kier molecular flexibility index (Phi) is 8.12. The first-order chi connectivity index (χ1) is 16.4. The molecule has 0 N–H and O–H groups in total. The normalized spacial score (nSPS) is 11.6. The number of pyridine rings is 1. The van der Waals surface area contributed by atoms with Gasteiger partial charge in [0, 0.05) is 29.3 Å². The number of carbonyl (C=O) groups is 1. The topological polar surface area (TPSA) is 51.7 Å². The minimum absolute atomic E-state index is 0.115. The van der Waals surface area contributed by atoms with Crippen molar-refractivity contribution in [2.24, 2.45) is 0 Å². The summed E-state index contributed by atoms with van der Waals surface area (Å²) in [5.74, 6) is -1.37. The van der Waals surface area contributed by atoms with Gasteiger partial charge >= 0.3 is 13.2 Å². The van der Waals surface area contributed by atoms with Crippen LogP contribution in [0, 0.1) is 0 Å². The molecule has 186 valence electrons. The van der Waals surface area contributed by atoms with Crippen molar-refractivity contribution in [2.45, 2.75) is 32.5 Å². The Balaban J connectivity index is 2.06. The highest BCUT2D eigenvalue weighted by atomic mass is 35.5.